The number of halogens is 1. The number of amides is 4. The molecule has 1 spiro atoms. The largest absolute Gasteiger partial charge is 0.325 e. The first-order valence-corrected chi connectivity index (χ1v) is 9.27. The maximum atomic E-state index is 12.9. The van der Waals surface area contributed by atoms with Crippen LogP contribution in [0.25, 0.3) is 0 Å². The third kappa shape index (κ3) is 3.35. The van der Waals surface area contributed by atoms with E-state index in [-0.39, 0.29) is 30.2 Å². The van der Waals surface area contributed by atoms with Crippen molar-refractivity contribution in [1.82, 2.24) is 10.2 Å². The van der Waals surface area contributed by atoms with Crippen LogP contribution in [0.4, 0.5) is 14.9 Å². The van der Waals surface area contributed by atoms with Crippen molar-refractivity contribution in [1.29, 1.82) is 0 Å². The molecule has 28 heavy (non-hydrogen) atoms. The summed E-state index contributed by atoms with van der Waals surface area (Å²) in [5, 5.41) is 5.55. The van der Waals surface area contributed by atoms with Crippen molar-refractivity contribution in [2.24, 2.45) is 0 Å². The molecule has 6 nitrogen and oxygen atoms in total. The number of carbonyl (C=O) groups excluding carboxylic acids is 3. The number of nitrogens with one attached hydrogen (secondary N) is 2. The van der Waals surface area contributed by atoms with E-state index in [2.05, 4.69) is 10.6 Å². The van der Waals surface area contributed by atoms with Gasteiger partial charge in [0.1, 0.15) is 11.4 Å². The van der Waals surface area contributed by atoms with Crippen molar-refractivity contribution in [3.05, 3.63) is 65.5 Å². The van der Waals surface area contributed by atoms with Crippen LogP contribution in [0.2, 0.25) is 0 Å². The molecule has 1 saturated carbocycles. The minimum atomic E-state index is -0.716. The fraction of sp³-hybridized carbons (Fsp3) is 0.286. The van der Waals surface area contributed by atoms with Gasteiger partial charge in [0.15, 0.2) is 0 Å². The molecule has 0 radical (unpaired) electrons. The number of hydrogen-bond donors (Lipinski definition) is 2. The Morgan fingerprint density at radius 3 is 2.32 bits per heavy atom. The van der Waals surface area contributed by atoms with Crippen LogP contribution in [0, 0.1) is 5.82 Å². The van der Waals surface area contributed by atoms with Crippen molar-refractivity contribution < 1.29 is 18.8 Å². The van der Waals surface area contributed by atoms with E-state index in [0.717, 1.165) is 18.4 Å². The van der Waals surface area contributed by atoms with Gasteiger partial charge < -0.3 is 10.6 Å². The molecule has 1 aliphatic heterocycles. The van der Waals surface area contributed by atoms with Crippen molar-refractivity contribution in [2.45, 2.75) is 37.8 Å². The molecule has 0 unspecified atom stereocenters. The third-order valence-electron chi connectivity index (χ3n) is 5.36. The molecule has 4 amide bonds. The van der Waals surface area contributed by atoms with Gasteiger partial charge in [0, 0.05) is 11.3 Å². The maximum absolute atomic E-state index is 12.9. The second-order valence-corrected chi connectivity index (χ2v) is 7.27. The van der Waals surface area contributed by atoms with Gasteiger partial charge in [0.2, 0.25) is 0 Å². The van der Waals surface area contributed by atoms with Crippen LogP contribution < -0.4 is 10.6 Å². The molecular formula is C21H20FN3O3. The Morgan fingerprint density at radius 2 is 1.68 bits per heavy atom. The fourth-order valence-electron chi connectivity index (χ4n) is 3.82. The lowest BCUT2D eigenvalue weighted by atomic mass is 9.98. The smallest absolute Gasteiger partial charge is 0.323 e. The van der Waals surface area contributed by atoms with E-state index in [0.29, 0.717) is 24.1 Å². The van der Waals surface area contributed by atoms with Crippen molar-refractivity contribution in [3.8, 4) is 0 Å². The standard InChI is InChI=1S/C21H20FN3O3/c22-16-7-9-17(10-8-16)23-18(26)15-5-3-14(4-6-15)13-25-19(27)21(24-20(25)28)11-1-2-12-21/h3-10H,1-2,11-13H2,(H,23,26)(H,24,28). The monoisotopic (exact) mass is 381 g/mol. The van der Waals surface area contributed by atoms with E-state index >= 15 is 0 Å². The SMILES string of the molecule is O=C(Nc1ccc(F)cc1)c1ccc(CN2C(=O)NC3(CCCC3)C2=O)cc1. The highest BCUT2D eigenvalue weighted by molar-refractivity contribution is 6.07. The number of nitrogens with zero attached hydrogens (tertiary/aromatic N) is 1. The molecule has 144 valence electrons. The van der Waals surface area contributed by atoms with Gasteiger partial charge in [-0.2, -0.15) is 0 Å². The highest BCUT2D eigenvalue weighted by Gasteiger charge is 2.52. The number of hydrogen-bond acceptors (Lipinski definition) is 3. The Balaban J connectivity index is 1.42. The number of benzene rings is 2. The van der Waals surface area contributed by atoms with Crippen LogP contribution in [0.1, 0.15) is 41.6 Å². The molecule has 7 heteroatoms. The highest BCUT2D eigenvalue weighted by Crippen LogP contribution is 2.35. The van der Waals surface area contributed by atoms with Crippen molar-refractivity contribution in [2.75, 3.05) is 5.32 Å². The minimum Gasteiger partial charge on any atom is -0.323 e. The summed E-state index contributed by atoms with van der Waals surface area (Å²) in [4.78, 5) is 38.5. The second kappa shape index (κ2) is 7.07. The Labute approximate surface area is 161 Å². The second-order valence-electron chi connectivity index (χ2n) is 7.27. The highest BCUT2D eigenvalue weighted by atomic mass is 19.1. The lowest BCUT2D eigenvalue weighted by Crippen LogP contribution is -2.44. The molecule has 2 N–H and O–H groups in total. The van der Waals surface area contributed by atoms with Gasteiger partial charge in [-0.15, -0.1) is 0 Å². The van der Waals surface area contributed by atoms with Gasteiger partial charge in [0.05, 0.1) is 6.54 Å². The average molecular weight is 381 g/mol. The van der Waals surface area contributed by atoms with Gasteiger partial charge in [0.25, 0.3) is 11.8 Å². The molecule has 2 aromatic rings. The number of carbonyl (C=O) groups is 3. The summed E-state index contributed by atoms with van der Waals surface area (Å²) < 4.78 is 12.9. The summed E-state index contributed by atoms with van der Waals surface area (Å²) >= 11 is 0. The quantitative estimate of drug-likeness (QED) is 0.797. The number of rotatable bonds is 4. The van der Waals surface area contributed by atoms with Crippen molar-refractivity contribution >= 4 is 23.5 Å². The van der Waals surface area contributed by atoms with Gasteiger partial charge in [-0.1, -0.05) is 25.0 Å². The first-order chi connectivity index (χ1) is 13.5. The molecule has 2 aromatic carbocycles. The van der Waals surface area contributed by atoms with Gasteiger partial charge in [-0.25, -0.2) is 9.18 Å². The number of anilines is 1. The van der Waals surface area contributed by atoms with Crippen LogP contribution >= 0.6 is 0 Å². The molecule has 2 aliphatic rings. The summed E-state index contributed by atoms with van der Waals surface area (Å²) in [5.41, 5.74) is 0.970. The molecule has 1 saturated heterocycles. The maximum Gasteiger partial charge on any atom is 0.325 e. The first kappa shape index (κ1) is 18.2. The number of urea groups is 1. The van der Waals surface area contributed by atoms with Crippen LogP contribution in [0.5, 0.6) is 0 Å². The van der Waals surface area contributed by atoms with Gasteiger partial charge >= 0.3 is 6.03 Å². The lowest BCUT2D eigenvalue weighted by Gasteiger charge is -2.20. The average Bonchev–Trinajstić information content (AvgIpc) is 3.25. The van der Waals surface area contributed by atoms with Crippen LogP contribution in [0.15, 0.2) is 48.5 Å². The molecule has 0 aromatic heterocycles. The molecule has 1 heterocycles. The normalized spacial score (nSPS) is 17.8. The molecular weight excluding hydrogens is 361 g/mol. The zero-order chi connectivity index (χ0) is 19.7. The molecule has 1 aliphatic carbocycles. The van der Waals surface area contributed by atoms with Gasteiger partial charge in [-0.3, -0.25) is 14.5 Å². The van der Waals surface area contributed by atoms with E-state index in [1.807, 2.05) is 0 Å². The molecule has 2 fully saturated rings. The predicted molar refractivity (Wildman–Crippen MR) is 101 cm³/mol. The van der Waals surface area contributed by atoms with Crippen LogP contribution in [-0.4, -0.2) is 28.3 Å². The van der Waals surface area contributed by atoms with E-state index in [1.165, 1.54) is 29.2 Å². The topological polar surface area (TPSA) is 78.5 Å². The Morgan fingerprint density at radius 1 is 1.04 bits per heavy atom. The molecule has 0 bridgehead atoms. The van der Waals surface area contributed by atoms with Crippen molar-refractivity contribution in [3.63, 3.8) is 0 Å². The van der Waals surface area contributed by atoms with Crippen LogP contribution in [-0.2, 0) is 11.3 Å². The summed E-state index contributed by atoms with van der Waals surface area (Å²) in [5.74, 6) is -0.853. The lowest BCUT2D eigenvalue weighted by molar-refractivity contribution is -0.131. The summed E-state index contributed by atoms with van der Waals surface area (Å²) in [6.45, 7) is 0.173. The Kier molecular flexibility index (Phi) is 4.58. The zero-order valence-electron chi connectivity index (χ0n) is 15.2. The van der Waals surface area contributed by atoms with E-state index in [4.69, 9.17) is 0 Å². The van der Waals surface area contributed by atoms with E-state index in [1.54, 1.807) is 24.3 Å². The third-order valence-corrected chi connectivity index (χ3v) is 5.36. The fourth-order valence-corrected chi connectivity index (χ4v) is 3.82. The van der Waals surface area contributed by atoms with E-state index < -0.39 is 5.54 Å². The Hall–Kier alpha value is -3.22. The van der Waals surface area contributed by atoms with Gasteiger partial charge in [-0.05, 0) is 54.8 Å². The number of imide groups is 1. The zero-order valence-corrected chi connectivity index (χ0v) is 15.2. The molecule has 4 rings (SSSR count). The minimum absolute atomic E-state index is 0.159. The molecule has 0 atom stereocenters. The summed E-state index contributed by atoms with van der Waals surface area (Å²) in [7, 11) is 0. The Bertz CT molecular complexity index is 919. The predicted octanol–water partition coefficient (Wildman–Crippen LogP) is 3.44. The summed E-state index contributed by atoms with van der Waals surface area (Å²) in [6.07, 6.45) is 3.27. The van der Waals surface area contributed by atoms with E-state index in [9.17, 15) is 18.8 Å². The first-order valence-electron chi connectivity index (χ1n) is 9.27. The van der Waals surface area contributed by atoms with Crippen LogP contribution in [0.3, 0.4) is 0 Å². The summed E-state index contributed by atoms with van der Waals surface area (Å²) in [6, 6.07) is 11.9.